The fourth-order valence-electron chi connectivity index (χ4n) is 1.82. The summed E-state index contributed by atoms with van der Waals surface area (Å²) in [5.41, 5.74) is 2.40. The van der Waals surface area contributed by atoms with E-state index in [1.807, 2.05) is 43.0 Å². The highest BCUT2D eigenvalue weighted by atomic mass is 16.5. The lowest BCUT2D eigenvalue weighted by atomic mass is 10.2. The van der Waals surface area contributed by atoms with Gasteiger partial charge in [0.2, 0.25) is 0 Å². The molecule has 0 bridgehead atoms. The molecule has 0 atom stereocenters. The van der Waals surface area contributed by atoms with Crippen LogP contribution in [0.25, 0.3) is 0 Å². The minimum atomic E-state index is 0.700. The monoisotopic (exact) mass is 245 g/mol. The van der Waals surface area contributed by atoms with Crippen molar-refractivity contribution >= 4 is 0 Å². The summed E-state index contributed by atoms with van der Waals surface area (Å²) in [6.45, 7) is 4.33. The molecule has 96 valence electrons. The number of hydrogen-bond donors (Lipinski definition) is 1. The van der Waals surface area contributed by atoms with Gasteiger partial charge in [-0.25, -0.2) is 0 Å². The molecule has 0 amide bonds. The number of aryl methyl sites for hydroxylation is 1. The Bertz CT molecular complexity index is 493. The first-order valence-electron chi connectivity index (χ1n) is 6.19. The van der Waals surface area contributed by atoms with Gasteiger partial charge in [-0.05, 0) is 30.7 Å². The first-order valence-corrected chi connectivity index (χ1v) is 6.19. The third-order valence-electron chi connectivity index (χ3n) is 2.77. The molecule has 0 unspecified atom stereocenters. The van der Waals surface area contributed by atoms with Crippen LogP contribution in [0.15, 0.2) is 36.5 Å². The van der Waals surface area contributed by atoms with Crippen molar-refractivity contribution in [2.24, 2.45) is 7.05 Å². The summed E-state index contributed by atoms with van der Waals surface area (Å²) < 4.78 is 7.35. The van der Waals surface area contributed by atoms with Crippen LogP contribution in [0.2, 0.25) is 0 Å². The third-order valence-corrected chi connectivity index (χ3v) is 2.77. The van der Waals surface area contributed by atoms with Crippen molar-refractivity contribution in [3.05, 3.63) is 47.8 Å². The summed E-state index contributed by atoms with van der Waals surface area (Å²) in [7, 11) is 1.95. The fraction of sp³-hybridized carbons (Fsp3) is 0.357. The van der Waals surface area contributed by atoms with Crippen molar-refractivity contribution in [2.45, 2.75) is 20.0 Å². The molecule has 2 aromatic rings. The number of nitrogens with one attached hydrogen (secondary N) is 1. The Morgan fingerprint density at radius 2 is 2.17 bits per heavy atom. The lowest BCUT2D eigenvalue weighted by molar-refractivity contribution is 0.340. The second-order valence-corrected chi connectivity index (χ2v) is 4.13. The van der Waals surface area contributed by atoms with Crippen LogP contribution in [0.1, 0.15) is 18.2 Å². The Hall–Kier alpha value is -1.81. The van der Waals surface area contributed by atoms with Gasteiger partial charge in [0.05, 0.1) is 12.3 Å². The van der Waals surface area contributed by atoms with E-state index in [1.165, 1.54) is 11.3 Å². The van der Waals surface area contributed by atoms with E-state index < -0.39 is 0 Å². The smallest absolute Gasteiger partial charge is 0.119 e. The average Bonchev–Trinajstić information content (AvgIpc) is 2.76. The van der Waals surface area contributed by atoms with Crippen LogP contribution in [0.4, 0.5) is 0 Å². The molecular formula is C14H19N3O. The Labute approximate surface area is 108 Å². The zero-order valence-electron chi connectivity index (χ0n) is 10.9. The minimum Gasteiger partial charge on any atom is -0.494 e. The van der Waals surface area contributed by atoms with Gasteiger partial charge >= 0.3 is 0 Å². The van der Waals surface area contributed by atoms with Crippen molar-refractivity contribution in [3.63, 3.8) is 0 Å². The van der Waals surface area contributed by atoms with Gasteiger partial charge in [0.15, 0.2) is 0 Å². The van der Waals surface area contributed by atoms with Gasteiger partial charge in [0.1, 0.15) is 5.75 Å². The lowest BCUT2D eigenvalue weighted by Gasteiger charge is -2.07. The summed E-state index contributed by atoms with van der Waals surface area (Å²) >= 11 is 0. The Morgan fingerprint density at radius 3 is 2.89 bits per heavy atom. The molecule has 2 rings (SSSR count). The second-order valence-electron chi connectivity index (χ2n) is 4.13. The van der Waals surface area contributed by atoms with E-state index in [-0.39, 0.29) is 0 Å². The molecule has 1 heterocycles. The fourth-order valence-corrected chi connectivity index (χ4v) is 1.82. The summed E-state index contributed by atoms with van der Waals surface area (Å²) in [6, 6.07) is 10.2. The maximum atomic E-state index is 5.48. The highest BCUT2D eigenvalue weighted by Crippen LogP contribution is 2.13. The third kappa shape index (κ3) is 3.34. The lowest BCUT2D eigenvalue weighted by Crippen LogP contribution is -2.15. The van der Waals surface area contributed by atoms with E-state index >= 15 is 0 Å². The van der Waals surface area contributed by atoms with Crippen LogP contribution in [0.3, 0.4) is 0 Å². The van der Waals surface area contributed by atoms with Crippen molar-refractivity contribution < 1.29 is 4.74 Å². The van der Waals surface area contributed by atoms with Gasteiger partial charge in [-0.15, -0.1) is 0 Å². The predicted molar refractivity (Wildman–Crippen MR) is 71.4 cm³/mol. The van der Waals surface area contributed by atoms with E-state index in [2.05, 4.69) is 22.5 Å². The second kappa shape index (κ2) is 6.21. The maximum absolute atomic E-state index is 5.48. The molecule has 1 aromatic heterocycles. The molecule has 0 spiro atoms. The molecular weight excluding hydrogens is 226 g/mol. The molecule has 0 radical (unpaired) electrons. The van der Waals surface area contributed by atoms with Gasteiger partial charge in [-0.1, -0.05) is 12.1 Å². The summed E-state index contributed by atoms with van der Waals surface area (Å²) in [4.78, 5) is 0. The molecule has 0 fully saturated rings. The molecule has 4 heteroatoms. The van der Waals surface area contributed by atoms with Crippen LogP contribution in [-0.4, -0.2) is 16.4 Å². The Morgan fingerprint density at radius 1 is 1.28 bits per heavy atom. The van der Waals surface area contributed by atoms with E-state index in [0.717, 1.165) is 18.8 Å². The quantitative estimate of drug-likeness (QED) is 0.847. The zero-order valence-corrected chi connectivity index (χ0v) is 10.9. The molecule has 18 heavy (non-hydrogen) atoms. The van der Waals surface area contributed by atoms with Crippen molar-refractivity contribution in [3.8, 4) is 5.75 Å². The molecule has 0 saturated heterocycles. The molecule has 0 aliphatic rings. The SMILES string of the molecule is CCOc1cccc(CNCc2ccnn2C)c1. The van der Waals surface area contributed by atoms with Crippen LogP contribution in [0.5, 0.6) is 5.75 Å². The average molecular weight is 245 g/mol. The number of rotatable bonds is 6. The molecule has 0 aliphatic heterocycles. The normalized spacial score (nSPS) is 10.6. The predicted octanol–water partition coefficient (Wildman–Crippen LogP) is 2.11. The van der Waals surface area contributed by atoms with Crippen molar-refractivity contribution in [1.82, 2.24) is 15.1 Å². The Balaban J connectivity index is 1.86. The number of aromatic nitrogens is 2. The van der Waals surface area contributed by atoms with E-state index in [1.54, 1.807) is 0 Å². The molecule has 4 nitrogen and oxygen atoms in total. The van der Waals surface area contributed by atoms with Crippen LogP contribution in [0, 0.1) is 0 Å². The van der Waals surface area contributed by atoms with Crippen molar-refractivity contribution in [2.75, 3.05) is 6.61 Å². The molecule has 0 saturated carbocycles. The standard InChI is InChI=1S/C14H19N3O/c1-3-18-14-6-4-5-12(9-14)10-15-11-13-7-8-16-17(13)2/h4-9,15H,3,10-11H2,1-2H3. The van der Waals surface area contributed by atoms with Crippen molar-refractivity contribution in [1.29, 1.82) is 0 Å². The van der Waals surface area contributed by atoms with Crippen LogP contribution < -0.4 is 10.1 Å². The largest absolute Gasteiger partial charge is 0.494 e. The highest BCUT2D eigenvalue weighted by molar-refractivity contribution is 5.28. The zero-order chi connectivity index (χ0) is 12.8. The van der Waals surface area contributed by atoms with Crippen LogP contribution in [-0.2, 0) is 20.1 Å². The number of ether oxygens (including phenoxy) is 1. The summed E-state index contributed by atoms with van der Waals surface area (Å²) in [5, 5.41) is 7.54. The number of benzene rings is 1. The van der Waals surface area contributed by atoms with E-state index in [4.69, 9.17) is 4.74 Å². The summed E-state index contributed by atoms with van der Waals surface area (Å²) in [6.07, 6.45) is 1.81. The first-order chi connectivity index (χ1) is 8.79. The van der Waals surface area contributed by atoms with Gasteiger partial charge in [0.25, 0.3) is 0 Å². The summed E-state index contributed by atoms with van der Waals surface area (Å²) in [5.74, 6) is 0.928. The first kappa shape index (κ1) is 12.6. The van der Waals surface area contributed by atoms with E-state index in [9.17, 15) is 0 Å². The number of nitrogens with zero attached hydrogens (tertiary/aromatic N) is 2. The highest BCUT2D eigenvalue weighted by Gasteiger charge is 1.99. The Kier molecular flexibility index (Phi) is 4.36. The van der Waals surface area contributed by atoms with Gasteiger partial charge < -0.3 is 10.1 Å². The molecule has 1 N–H and O–H groups in total. The van der Waals surface area contributed by atoms with Gasteiger partial charge in [-0.3, -0.25) is 4.68 Å². The van der Waals surface area contributed by atoms with Gasteiger partial charge in [0, 0.05) is 26.3 Å². The minimum absolute atomic E-state index is 0.700. The topological polar surface area (TPSA) is 39.1 Å². The van der Waals surface area contributed by atoms with E-state index in [0.29, 0.717) is 6.61 Å². The maximum Gasteiger partial charge on any atom is 0.119 e. The number of hydrogen-bond acceptors (Lipinski definition) is 3. The van der Waals surface area contributed by atoms with Gasteiger partial charge in [-0.2, -0.15) is 5.10 Å². The molecule has 1 aromatic carbocycles. The van der Waals surface area contributed by atoms with Crippen LogP contribution >= 0.6 is 0 Å². The molecule has 0 aliphatic carbocycles.